The SMILES string of the molecule is Cn1cc(/C=C2\Oc3c(ccc4c3C(c3ccc(O)c(Cl)c3)CC(=O)O4)C2=O)c2ccccc21. The summed E-state index contributed by atoms with van der Waals surface area (Å²) in [5.74, 6) is -0.163. The molecule has 0 bridgehead atoms. The van der Waals surface area contributed by atoms with Crippen molar-refractivity contribution in [3.63, 3.8) is 0 Å². The van der Waals surface area contributed by atoms with Gasteiger partial charge in [0.25, 0.3) is 0 Å². The molecule has 1 unspecified atom stereocenters. The number of phenols is 1. The first-order chi connectivity index (χ1) is 16.4. The fourth-order valence-corrected chi connectivity index (χ4v) is 4.95. The topological polar surface area (TPSA) is 77.8 Å². The number of para-hydroxylation sites is 1. The summed E-state index contributed by atoms with van der Waals surface area (Å²) in [5.41, 5.74) is 3.67. The number of carbonyl (C=O) groups excluding carboxylic acids is 2. The van der Waals surface area contributed by atoms with Crippen molar-refractivity contribution in [3.8, 4) is 17.2 Å². The first-order valence-corrected chi connectivity index (χ1v) is 11.1. The van der Waals surface area contributed by atoms with E-state index in [1.54, 1.807) is 30.3 Å². The Balaban J connectivity index is 1.48. The van der Waals surface area contributed by atoms with Gasteiger partial charge in [-0.15, -0.1) is 0 Å². The van der Waals surface area contributed by atoms with Crippen LogP contribution < -0.4 is 9.47 Å². The minimum absolute atomic E-state index is 0.0472. The Kier molecular flexibility index (Phi) is 4.54. The number of hydrogen-bond donors (Lipinski definition) is 1. The van der Waals surface area contributed by atoms with Gasteiger partial charge in [0, 0.05) is 41.2 Å². The molecule has 1 N–H and O–H groups in total. The molecule has 2 aliphatic heterocycles. The highest BCUT2D eigenvalue weighted by molar-refractivity contribution is 6.32. The largest absolute Gasteiger partial charge is 0.506 e. The molecule has 2 aliphatic rings. The summed E-state index contributed by atoms with van der Waals surface area (Å²) < 4.78 is 13.6. The molecule has 0 saturated carbocycles. The van der Waals surface area contributed by atoms with E-state index in [9.17, 15) is 14.7 Å². The molecule has 0 radical (unpaired) electrons. The summed E-state index contributed by atoms with van der Waals surface area (Å²) in [6.07, 6.45) is 3.76. The zero-order valence-corrected chi connectivity index (χ0v) is 18.8. The van der Waals surface area contributed by atoms with Crippen LogP contribution in [0.2, 0.25) is 5.02 Å². The van der Waals surface area contributed by atoms with Crippen LogP contribution in [0.3, 0.4) is 0 Å². The molecule has 3 aromatic carbocycles. The number of aryl methyl sites for hydroxylation is 1. The zero-order valence-electron chi connectivity index (χ0n) is 18.0. The Morgan fingerprint density at radius 1 is 1.09 bits per heavy atom. The number of allylic oxidation sites excluding steroid dienone is 1. The highest BCUT2D eigenvalue weighted by atomic mass is 35.5. The number of nitrogens with zero attached hydrogens (tertiary/aromatic N) is 1. The van der Waals surface area contributed by atoms with E-state index in [1.807, 2.05) is 42.1 Å². The maximum atomic E-state index is 13.3. The maximum Gasteiger partial charge on any atom is 0.312 e. The molecule has 168 valence electrons. The van der Waals surface area contributed by atoms with Crippen molar-refractivity contribution >= 4 is 40.3 Å². The predicted octanol–water partition coefficient (Wildman–Crippen LogP) is 5.59. The van der Waals surface area contributed by atoms with Gasteiger partial charge in [-0.25, -0.2) is 0 Å². The molecule has 3 heterocycles. The van der Waals surface area contributed by atoms with Gasteiger partial charge in [0.05, 0.1) is 17.0 Å². The summed E-state index contributed by atoms with van der Waals surface area (Å²) in [7, 11) is 1.95. The first kappa shape index (κ1) is 20.6. The van der Waals surface area contributed by atoms with E-state index in [-0.39, 0.29) is 28.7 Å². The summed E-state index contributed by atoms with van der Waals surface area (Å²) >= 11 is 6.14. The van der Waals surface area contributed by atoms with Crippen molar-refractivity contribution in [1.29, 1.82) is 0 Å². The van der Waals surface area contributed by atoms with Crippen molar-refractivity contribution in [2.75, 3.05) is 0 Å². The minimum atomic E-state index is -0.436. The Bertz CT molecular complexity index is 1570. The Hall–Kier alpha value is -4.03. The Morgan fingerprint density at radius 3 is 2.74 bits per heavy atom. The third-order valence-electron chi connectivity index (χ3n) is 6.37. The summed E-state index contributed by atoms with van der Waals surface area (Å²) in [4.78, 5) is 25.6. The van der Waals surface area contributed by atoms with Crippen molar-refractivity contribution in [2.45, 2.75) is 12.3 Å². The fraction of sp³-hybridized carbons (Fsp3) is 0.111. The van der Waals surface area contributed by atoms with Crippen LogP contribution >= 0.6 is 11.6 Å². The number of hydrogen-bond acceptors (Lipinski definition) is 5. The van der Waals surface area contributed by atoms with Gasteiger partial charge >= 0.3 is 5.97 Å². The van der Waals surface area contributed by atoms with E-state index in [4.69, 9.17) is 21.1 Å². The second kappa shape index (κ2) is 7.50. The lowest BCUT2D eigenvalue weighted by molar-refractivity contribution is -0.135. The quantitative estimate of drug-likeness (QED) is 0.234. The second-order valence-electron chi connectivity index (χ2n) is 8.45. The molecule has 6 rings (SSSR count). The maximum absolute atomic E-state index is 13.3. The molecule has 1 aromatic heterocycles. The van der Waals surface area contributed by atoms with Crippen LogP contribution in [0.4, 0.5) is 0 Å². The third-order valence-corrected chi connectivity index (χ3v) is 6.67. The van der Waals surface area contributed by atoms with E-state index in [0.29, 0.717) is 22.6 Å². The van der Waals surface area contributed by atoms with Crippen LogP contribution in [0, 0.1) is 0 Å². The highest BCUT2D eigenvalue weighted by Gasteiger charge is 2.38. The summed E-state index contributed by atoms with van der Waals surface area (Å²) in [6, 6.07) is 16.0. The van der Waals surface area contributed by atoms with Gasteiger partial charge in [-0.05, 0) is 42.0 Å². The first-order valence-electron chi connectivity index (χ1n) is 10.7. The van der Waals surface area contributed by atoms with Gasteiger partial charge in [-0.3, -0.25) is 9.59 Å². The van der Waals surface area contributed by atoms with Crippen LogP contribution in [0.5, 0.6) is 17.2 Å². The number of carbonyl (C=O) groups is 2. The number of rotatable bonds is 2. The minimum Gasteiger partial charge on any atom is -0.506 e. The molecule has 0 amide bonds. The number of aromatic hydroxyl groups is 1. The number of ketones is 1. The van der Waals surface area contributed by atoms with Crippen LogP contribution in [0.25, 0.3) is 17.0 Å². The van der Waals surface area contributed by atoms with Gasteiger partial charge in [0.2, 0.25) is 5.78 Å². The highest BCUT2D eigenvalue weighted by Crippen LogP contribution is 2.49. The predicted molar refractivity (Wildman–Crippen MR) is 128 cm³/mol. The smallest absolute Gasteiger partial charge is 0.312 e. The standard InChI is InChI=1S/C27H18ClNO5/c1-29-13-15(16-4-2-3-5-20(16)29)11-23-26(32)17-7-9-22-25(27(17)34-23)18(12-24(31)33-22)14-6-8-21(30)19(28)10-14/h2-11,13,18,30H,12H2,1H3/b23-11-. The summed E-state index contributed by atoms with van der Waals surface area (Å²) in [6.45, 7) is 0. The summed E-state index contributed by atoms with van der Waals surface area (Å²) in [5, 5.41) is 11.0. The van der Waals surface area contributed by atoms with Gasteiger partial charge < -0.3 is 19.1 Å². The van der Waals surface area contributed by atoms with E-state index >= 15 is 0 Å². The Morgan fingerprint density at radius 2 is 1.91 bits per heavy atom. The van der Waals surface area contributed by atoms with E-state index in [1.165, 1.54) is 6.07 Å². The molecule has 4 aromatic rings. The molecule has 0 aliphatic carbocycles. The molecular weight excluding hydrogens is 454 g/mol. The van der Waals surface area contributed by atoms with Crippen LogP contribution in [0.15, 0.2) is 66.6 Å². The average Bonchev–Trinajstić information content (AvgIpc) is 3.31. The number of phenolic OH excluding ortho intramolecular Hbond substituents is 1. The Labute approximate surface area is 199 Å². The van der Waals surface area contributed by atoms with Gasteiger partial charge in [-0.1, -0.05) is 35.9 Å². The van der Waals surface area contributed by atoms with Gasteiger partial charge in [0.15, 0.2) is 5.76 Å². The molecular formula is C27H18ClNO5. The van der Waals surface area contributed by atoms with Crippen molar-refractivity contribution in [1.82, 2.24) is 4.57 Å². The van der Waals surface area contributed by atoms with E-state index in [2.05, 4.69) is 0 Å². The molecule has 7 heteroatoms. The normalized spacial score (nSPS) is 18.1. The van der Waals surface area contributed by atoms with E-state index < -0.39 is 11.9 Å². The molecule has 0 saturated heterocycles. The van der Waals surface area contributed by atoms with Crippen molar-refractivity contribution < 1.29 is 24.2 Å². The molecule has 34 heavy (non-hydrogen) atoms. The van der Waals surface area contributed by atoms with Gasteiger partial charge in [-0.2, -0.15) is 0 Å². The third kappa shape index (κ3) is 3.10. The van der Waals surface area contributed by atoms with Crippen molar-refractivity contribution in [2.24, 2.45) is 7.05 Å². The number of fused-ring (bicyclic) bond motifs is 4. The fourth-order valence-electron chi connectivity index (χ4n) is 4.76. The molecule has 6 nitrogen and oxygen atoms in total. The zero-order chi connectivity index (χ0) is 23.6. The lowest BCUT2D eigenvalue weighted by Gasteiger charge is -2.26. The average molecular weight is 472 g/mol. The lowest BCUT2D eigenvalue weighted by atomic mass is 9.84. The molecule has 0 spiro atoms. The van der Waals surface area contributed by atoms with Gasteiger partial charge in [0.1, 0.15) is 17.2 Å². The number of benzene rings is 3. The molecule has 1 atom stereocenters. The number of esters is 1. The molecule has 0 fully saturated rings. The van der Waals surface area contributed by atoms with Crippen LogP contribution in [0.1, 0.15) is 39.4 Å². The van der Waals surface area contributed by atoms with Crippen LogP contribution in [-0.2, 0) is 11.8 Å². The second-order valence-corrected chi connectivity index (χ2v) is 8.86. The number of aromatic nitrogens is 1. The monoisotopic (exact) mass is 471 g/mol. The van der Waals surface area contributed by atoms with Crippen LogP contribution in [-0.4, -0.2) is 21.4 Å². The van der Waals surface area contributed by atoms with Crippen molar-refractivity contribution in [3.05, 3.63) is 93.8 Å². The number of ether oxygens (including phenoxy) is 2. The number of halogens is 1. The lowest BCUT2D eigenvalue weighted by Crippen LogP contribution is -2.21. The number of Topliss-reactive ketones (excluding diaryl/α,β-unsaturated/α-hetero) is 1. The van der Waals surface area contributed by atoms with E-state index in [0.717, 1.165) is 22.0 Å².